The first-order valence-corrected chi connectivity index (χ1v) is 11.4. The summed E-state index contributed by atoms with van der Waals surface area (Å²) in [5, 5.41) is 0. The van der Waals surface area contributed by atoms with Crippen LogP contribution in [0.4, 0.5) is 0 Å². The van der Waals surface area contributed by atoms with Gasteiger partial charge in [-0.3, -0.25) is 9.80 Å². The Morgan fingerprint density at radius 2 is 1.00 bits per heavy atom. The van der Waals surface area contributed by atoms with E-state index in [1.54, 1.807) is 0 Å². The van der Waals surface area contributed by atoms with Gasteiger partial charge in [0.1, 0.15) is 11.5 Å². The van der Waals surface area contributed by atoms with E-state index in [0.717, 1.165) is 90.0 Å². The molecule has 166 valence electrons. The lowest BCUT2D eigenvalue weighted by Crippen LogP contribution is -2.37. The minimum absolute atomic E-state index is 0.209. The number of nitrogens with zero attached hydrogens (tertiary/aromatic N) is 2. The molecule has 2 aliphatic heterocycles. The maximum Gasteiger partial charge on any atom is 0.576 e. The number of hydrogen-bond acceptors (Lipinski definition) is 6. The fraction of sp³-hybridized carbons (Fsp3) is 0.500. The van der Waals surface area contributed by atoms with Crippen molar-refractivity contribution in [3.05, 3.63) is 59.7 Å². The lowest BCUT2D eigenvalue weighted by atomic mass is 10.1. The van der Waals surface area contributed by atoms with Gasteiger partial charge in [-0.05, 0) is 48.2 Å². The van der Waals surface area contributed by atoms with Crippen LogP contribution in [-0.2, 0) is 22.3 Å². The first-order chi connectivity index (χ1) is 15.3. The molecule has 0 bridgehead atoms. The Labute approximate surface area is 186 Å². The van der Waals surface area contributed by atoms with Crippen molar-refractivity contribution in [3.63, 3.8) is 0 Å². The molecule has 2 heterocycles. The van der Waals surface area contributed by atoms with E-state index >= 15 is 0 Å². The van der Waals surface area contributed by atoms with E-state index in [4.69, 9.17) is 18.8 Å². The molecule has 4 rings (SSSR count). The summed E-state index contributed by atoms with van der Waals surface area (Å²) in [6.07, 6.45) is 2.10. The second-order valence-corrected chi connectivity index (χ2v) is 8.10. The van der Waals surface area contributed by atoms with Crippen molar-refractivity contribution in [2.24, 2.45) is 0 Å². The number of morpholine rings is 2. The molecule has 0 N–H and O–H groups in total. The number of benzene rings is 2. The van der Waals surface area contributed by atoms with Gasteiger partial charge in [-0.2, -0.15) is 0 Å². The average Bonchev–Trinajstić information content (AvgIpc) is 2.84. The van der Waals surface area contributed by atoms with E-state index in [2.05, 4.69) is 34.1 Å². The minimum Gasteiger partial charge on any atom is -0.529 e. The predicted molar refractivity (Wildman–Crippen MR) is 123 cm³/mol. The van der Waals surface area contributed by atoms with Gasteiger partial charge in [0.15, 0.2) is 0 Å². The molecule has 0 aromatic heterocycles. The average molecular weight is 424 g/mol. The summed E-state index contributed by atoms with van der Waals surface area (Å²) in [5.74, 6) is 1.66. The van der Waals surface area contributed by atoms with Crippen LogP contribution in [0, 0.1) is 0 Å². The van der Waals surface area contributed by atoms with Gasteiger partial charge in [0.2, 0.25) is 0 Å². The van der Waals surface area contributed by atoms with Crippen LogP contribution in [0.1, 0.15) is 11.1 Å². The quantitative estimate of drug-likeness (QED) is 0.545. The maximum atomic E-state index is 5.75. The zero-order valence-electron chi connectivity index (χ0n) is 18.3. The fourth-order valence-electron chi connectivity index (χ4n) is 3.89. The normalized spacial score (nSPS) is 17.9. The van der Waals surface area contributed by atoms with Gasteiger partial charge < -0.3 is 18.8 Å². The van der Waals surface area contributed by atoms with E-state index in [1.807, 2.05) is 24.3 Å². The second-order valence-electron chi connectivity index (χ2n) is 8.10. The molecule has 0 amide bonds. The predicted octanol–water partition coefficient (Wildman–Crippen LogP) is 2.16. The third-order valence-electron chi connectivity index (χ3n) is 5.94. The highest BCUT2D eigenvalue weighted by Crippen LogP contribution is 2.15. The summed E-state index contributed by atoms with van der Waals surface area (Å²) in [4.78, 5) is 4.91. The zero-order valence-corrected chi connectivity index (χ0v) is 18.3. The fourth-order valence-corrected chi connectivity index (χ4v) is 3.89. The lowest BCUT2D eigenvalue weighted by molar-refractivity contribution is 0.0384. The number of ether oxygens (including phenoxy) is 2. The first kappa shape index (κ1) is 22.2. The van der Waals surface area contributed by atoms with E-state index < -0.39 is 0 Å². The van der Waals surface area contributed by atoms with Crippen LogP contribution in [0.2, 0.25) is 0 Å². The van der Waals surface area contributed by atoms with Crippen molar-refractivity contribution in [1.82, 2.24) is 9.80 Å². The first-order valence-electron chi connectivity index (χ1n) is 11.4. The van der Waals surface area contributed by atoms with Gasteiger partial charge in [0.25, 0.3) is 0 Å². The lowest BCUT2D eigenvalue weighted by Gasteiger charge is -2.26. The highest BCUT2D eigenvalue weighted by Gasteiger charge is 2.11. The monoisotopic (exact) mass is 424 g/mol. The van der Waals surface area contributed by atoms with Crippen molar-refractivity contribution < 1.29 is 18.8 Å². The molecule has 2 aliphatic rings. The summed E-state index contributed by atoms with van der Waals surface area (Å²) in [6, 6.07) is 16.6. The summed E-state index contributed by atoms with van der Waals surface area (Å²) < 4.78 is 22.3. The molecule has 2 aromatic carbocycles. The molecule has 2 fully saturated rings. The Kier molecular flexibility index (Phi) is 8.65. The molecule has 31 heavy (non-hydrogen) atoms. The molecule has 2 aromatic rings. The summed E-state index contributed by atoms with van der Waals surface area (Å²) in [6.45, 7) is 9.70. The Balaban J connectivity index is 1.13. The Morgan fingerprint density at radius 1 is 0.613 bits per heavy atom. The highest BCUT2D eigenvalue weighted by molar-refractivity contribution is 6.20. The molecule has 0 saturated carbocycles. The molecule has 7 heteroatoms. The molecule has 0 unspecified atom stereocenters. The van der Waals surface area contributed by atoms with Crippen molar-refractivity contribution in [2.75, 3.05) is 65.7 Å². The van der Waals surface area contributed by atoms with E-state index in [0.29, 0.717) is 0 Å². The molecule has 0 atom stereocenters. The Morgan fingerprint density at radius 3 is 1.39 bits per heavy atom. The molecule has 6 nitrogen and oxygen atoms in total. The summed E-state index contributed by atoms with van der Waals surface area (Å²) in [5.41, 5.74) is 2.65. The van der Waals surface area contributed by atoms with Crippen LogP contribution in [-0.4, -0.2) is 83.2 Å². The van der Waals surface area contributed by atoms with Gasteiger partial charge in [-0.15, -0.1) is 0 Å². The van der Waals surface area contributed by atoms with Gasteiger partial charge in [0.05, 0.1) is 26.4 Å². The minimum atomic E-state index is 0.209. The second kappa shape index (κ2) is 12.1. The Hall–Kier alpha value is -2.06. The van der Waals surface area contributed by atoms with Crippen molar-refractivity contribution in [3.8, 4) is 11.5 Å². The van der Waals surface area contributed by atoms with Crippen LogP contribution in [0.15, 0.2) is 48.5 Å². The van der Waals surface area contributed by atoms with Crippen LogP contribution in [0.5, 0.6) is 11.5 Å². The van der Waals surface area contributed by atoms with Crippen LogP contribution >= 0.6 is 0 Å². The third kappa shape index (κ3) is 7.54. The van der Waals surface area contributed by atoms with Gasteiger partial charge >= 0.3 is 7.69 Å². The van der Waals surface area contributed by atoms with Crippen LogP contribution in [0.3, 0.4) is 0 Å². The van der Waals surface area contributed by atoms with Gasteiger partial charge in [-0.1, -0.05) is 24.3 Å². The molecular weight excluding hydrogens is 391 g/mol. The smallest absolute Gasteiger partial charge is 0.529 e. The highest BCUT2D eigenvalue weighted by atomic mass is 16.6. The number of rotatable bonds is 10. The summed E-state index contributed by atoms with van der Waals surface area (Å²) >= 11 is 0. The third-order valence-corrected chi connectivity index (χ3v) is 5.94. The van der Waals surface area contributed by atoms with Crippen molar-refractivity contribution in [2.45, 2.75) is 12.8 Å². The van der Waals surface area contributed by atoms with E-state index in [1.165, 1.54) is 11.1 Å². The van der Waals surface area contributed by atoms with E-state index in [9.17, 15) is 0 Å². The molecule has 0 radical (unpaired) electrons. The molecule has 0 aliphatic carbocycles. The number of hydrogen-bond donors (Lipinski definition) is 0. The van der Waals surface area contributed by atoms with Crippen molar-refractivity contribution >= 4 is 7.69 Å². The van der Waals surface area contributed by atoms with Gasteiger partial charge in [-0.25, -0.2) is 0 Å². The maximum absolute atomic E-state index is 5.75. The Bertz CT molecular complexity index is 695. The standard InChI is InChI=1S/C24H33BN2O4/c1-5-23(6-2-21(1)9-11-26-13-17-28-18-14-26)30-25-31-24-7-3-22(4-8-24)10-12-27-15-19-29-20-16-27/h1-8,25H,9-20H2. The van der Waals surface area contributed by atoms with Gasteiger partial charge in [0, 0.05) is 39.3 Å². The van der Waals surface area contributed by atoms with Crippen LogP contribution < -0.4 is 9.31 Å². The summed E-state index contributed by atoms with van der Waals surface area (Å²) in [7, 11) is 0.209. The largest absolute Gasteiger partial charge is 0.576 e. The molecule has 2 saturated heterocycles. The molecular formula is C24H33BN2O4. The SMILES string of the molecule is B(Oc1ccc(CCN2CCOCC2)cc1)Oc1ccc(CCN2CCOCC2)cc1. The topological polar surface area (TPSA) is 43.4 Å². The van der Waals surface area contributed by atoms with Crippen molar-refractivity contribution in [1.29, 1.82) is 0 Å². The zero-order chi connectivity index (χ0) is 21.1. The van der Waals surface area contributed by atoms with E-state index in [-0.39, 0.29) is 7.69 Å². The van der Waals surface area contributed by atoms with Crippen LogP contribution in [0.25, 0.3) is 0 Å². The molecule has 0 spiro atoms.